The molecule has 0 aromatic carbocycles. The van der Waals surface area contributed by atoms with Crippen LogP contribution in [0.25, 0.3) is 5.57 Å². The van der Waals surface area contributed by atoms with Crippen LogP contribution in [0.1, 0.15) is 19.0 Å². The average molecular weight is 401 g/mol. The summed E-state index contributed by atoms with van der Waals surface area (Å²) in [6, 6.07) is 0.480. The third-order valence-corrected chi connectivity index (χ3v) is 4.76. The first-order valence-corrected chi connectivity index (χ1v) is 9.71. The molecule has 2 N–H and O–H groups in total. The van der Waals surface area contributed by atoms with Crippen LogP contribution in [-0.4, -0.2) is 47.3 Å². The first-order chi connectivity index (χ1) is 12.4. The van der Waals surface area contributed by atoms with Gasteiger partial charge in [-0.3, -0.25) is 9.48 Å². The zero-order valence-electron chi connectivity index (χ0n) is 14.7. The molecule has 146 valence electrons. The smallest absolute Gasteiger partial charge is 0.309 e. The molecule has 2 aliphatic rings. The third kappa shape index (κ3) is 3.62. The molecule has 9 nitrogen and oxygen atoms in total. The molecule has 12 heteroatoms. The molecule has 1 atom stereocenters. The molecule has 1 aliphatic heterocycles. The monoisotopic (exact) mass is 401 g/mol. The van der Waals surface area contributed by atoms with Crippen molar-refractivity contribution < 1.29 is 26.8 Å². The number of hydrazine groups is 1. The first-order valence-electron chi connectivity index (χ1n) is 7.82. The number of carbonyl (C=O) groups excluding carboxylic acids is 2. The number of hydrogen-bond acceptors (Lipinski definition) is 5. The van der Waals surface area contributed by atoms with Crippen LogP contribution in [0.5, 0.6) is 0 Å². The summed E-state index contributed by atoms with van der Waals surface area (Å²) < 4.78 is 52.6. The number of alkyl halides is 2. The van der Waals surface area contributed by atoms with Gasteiger partial charge in [-0.1, -0.05) is 0 Å². The highest BCUT2D eigenvalue weighted by Crippen LogP contribution is 2.42. The maximum absolute atomic E-state index is 14.2. The van der Waals surface area contributed by atoms with Gasteiger partial charge in [0, 0.05) is 31.4 Å². The lowest BCUT2D eigenvalue weighted by Gasteiger charge is -2.36. The van der Waals surface area contributed by atoms with Crippen molar-refractivity contribution in [2.24, 2.45) is 13.0 Å². The minimum atomic E-state index is -3.90. The topological polar surface area (TPSA) is 113 Å². The van der Waals surface area contributed by atoms with Crippen LogP contribution < -0.4 is 10.1 Å². The highest BCUT2D eigenvalue weighted by molar-refractivity contribution is 7.88. The fourth-order valence-corrected chi connectivity index (χ4v) is 3.61. The number of carbonyl (C=O) groups is 2. The van der Waals surface area contributed by atoms with E-state index in [0.29, 0.717) is 10.7 Å². The number of halogens is 2. The van der Waals surface area contributed by atoms with Crippen LogP contribution >= 0.6 is 0 Å². The Morgan fingerprint density at radius 2 is 2.04 bits per heavy atom. The number of sulfonamides is 1. The van der Waals surface area contributed by atoms with Gasteiger partial charge in [-0.05, 0) is 24.1 Å². The second kappa shape index (κ2) is 6.23. The Kier molecular flexibility index (Phi) is 4.43. The zero-order chi connectivity index (χ0) is 20.1. The van der Waals surface area contributed by atoms with E-state index < -0.39 is 33.8 Å². The second-order valence-electron chi connectivity index (χ2n) is 6.44. The summed E-state index contributed by atoms with van der Waals surface area (Å²) in [5, 5.41) is 6.62. The Morgan fingerprint density at radius 3 is 2.56 bits per heavy atom. The molecule has 2 heterocycles. The predicted molar refractivity (Wildman–Crippen MR) is 90.3 cm³/mol. The fraction of sp³-hybridized carbons (Fsp3) is 0.400. The van der Waals surface area contributed by atoms with Crippen molar-refractivity contribution in [2.75, 3.05) is 6.26 Å². The quantitative estimate of drug-likeness (QED) is 0.773. The summed E-state index contributed by atoms with van der Waals surface area (Å²) in [7, 11) is -2.32. The highest BCUT2D eigenvalue weighted by atomic mass is 32.2. The number of nitrogens with zero attached hydrogens (tertiary/aromatic N) is 3. The molecule has 1 aromatic rings. The van der Waals surface area contributed by atoms with Crippen molar-refractivity contribution in [2.45, 2.75) is 19.3 Å². The van der Waals surface area contributed by atoms with Crippen LogP contribution in [-0.2, 0) is 21.9 Å². The SMILES string of the molecule is Cn1nccc1C1=C(C(C)(F)F)C=C2NC(=O)N(NS(C)(=O)=O)C(=O)C2C1. The Bertz CT molecular complexity index is 990. The van der Waals surface area contributed by atoms with Gasteiger partial charge in [-0.2, -0.15) is 10.1 Å². The highest BCUT2D eigenvalue weighted by Gasteiger charge is 2.44. The number of aromatic nitrogens is 2. The third-order valence-electron chi connectivity index (χ3n) is 4.24. The molecule has 0 saturated carbocycles. The van der Waals surface area contributed by atoms with E-state index in [1.54, 1.807) is 7.05 Å². The number of imide groups is 1. The van der Waals surface area contributed by atoms with Crippen molar-refractivity contribution in [3.05, 3.63) is 35.3 Å². The van der Waals surface area contributed by atoms with E-state index in [2.05, 4.69) is 10.4 Å². The molecule has 1 aliphatic carbocycles. The standard InChI is InChI=1S/C15H17F2N5O4S/c1-15(16,17)10-7-11-9(6-8(10)12-4-5-18-21(12)2)13(23)22(14(24)19-11)20-27(3,25)26/h4-5,7,9,20H,6H2,1-3H3,(H,19,24). The number of hydrogen-bond donors (Lipinski definition) is 2. The zero-order valence-corrected chi connectivity index (χ0v) is 15.5. The Labute approximate surface area is 153 Å². The summed E-state index contributed by atoms with van der Waals surface area (Å²) in [4.78, 5) is 26.6. The first kappa shape index (κ1) is 19.2. The lowest BCUT2D eigenvalue weighted by molar-refractivity contribution is -0.133. The molecule has 1 aromatic heterocycles. The van der Waals surface area contributed by atoms with Crippen LogP contribution in [0.4, 0.5) is 13.6 Å². The van der Waals surface area contributed by atoms with Gasteiger partial charge in [0.05, 0.1) is 17.9 Å². The number of urea groups is 1. The van der Waals surface area contributed by atoms with Crippen molar-refractivity contribution in [3.8, 4) is 0 Å². The predicted octanol–water partition coefficient (Wildman–Crippen LogP) is 0.749. The van der Waals surface area contributed by atoms with Crippen molar-refractivity contribution in [1.82, 2.24) is 24.9 Å². The van der Waals surface area contributed by atoms with Gasteiger partial charge in [0.2, 0.25) is 10.0 Å². The minimum Gasteiger partial charge on any atom is -0.309 e. The Balaban J connectivity index is 2.08. The van der Waals surface area contributed by atoms with Gasteiger partial charge >= 0.3 is 6.03 Å². The van der Waals surface area contributed by atoms with Crippen LogP contribution in [0.3, 0.4) is 0 Å². The van der Waals surface area contributed by atoms with E-state index in [-0.39, 0.29) is 23.3 Å². The van der Waals surface area contributed by atoms with Crippen molar-refractivity contribution in [1.29, 1.82) is 0 Å². The molecule has 1 unspecified atom stereocenters. The van der Waals surface area contributed by atoms with Gasteiger partial charge in [-0.15, -0.1) is 4.83 Å². The number of rotatable bonds is 4. The number of fused-ring (bicyclic) bond motifs is 1. The van der Waals surface area contributed by atoms with E-state index in [1.807, 2.05) is 4.83 Å². The van der Waals surface area contributed by atoms with E-state index in [1.165, 1.54) is 16.9 Å². The normalized spacial score (nSPS) is 21.1. The van der Waals surface area contributed by atoms with Gasteiger partial charge in [0.1, 0.15) is 0 Å². The molecule has 0 radical (unpaired) electrons. The summed E-state index contributed by atoms with van der Waals surface area (Å²) in [5.41, 5.74) is 0.253. The molecule has 27 heavy (non-hydrogen) atoms. The van der Waals surface area contributed by atoms with Crippen LogP contribution in [0.15, 0.2) is 29.6 Å². The number of allylic oxidation sites excluding steroid dienone is 3. The fourth-order valence-electron chi connectivity index (χ4n) is 3.10. The van der Waals surface area contributed by atoms with Gasteiger partial charge in [0.25, 0.3) is 11.8 Å². The average Bonchev–Trinajstić information content (AvgIpc) is 2.94. The summed E-state index contributed by atoms with van der Waals surface area (Å²) >= 11 is 0. The van der Waals surface area contributed by atoms with Gasteiger partial charge < -0.3 is 5.32 Å². The number of amides is 3. The molecular formula is C15H17F2N5O4S. The summed E-state index contributed by atoms with van der Waals surface area (Å²) in [6.45, 7) is 0.722. The molecule has 1 fully saturated rings. The minimum absolute atomic E-state index is 0.000931. The molecule has 0 bridgehead atoms. The molecule has 0 spiro atoms. The van der Waals surface area contributed by atoms with E-state index in [4.69, 9.17) is 0 Å². The lowest BCUT2D eigenvalue weighted by Crippen LogP contribution is -2.60. The van der Waals surface area contributed by atoms with E-state index in [9.17, 15) is 26.8 Å². The second-order valence-corrected chi connectivity index (χ2v) is 8.17. The number of aryl methyl sites for hydroxylation is 1. The molecule has 3 amide bonds. The van der Waals surface area contributed by atoms with Gasteiger partial charge in [-0.25, -0.2) is 22.0 Å². The van der Waals surface area contributed by atoms with Crippen molar-refractivity contribution >= 4 is 27.5 Å². The van der Waals surface area contributed by atoms with E-state index >= 15 is 0 Å². The Morgan fingerprint density at radius 1 is 1.37 bits per heavy atom. The maximum atomic E-state index is 14.2. The largest absolute Gasteiger partial charge is 0.344 e. The van der Waals surface area contributed by atoms with E-state index in [0.717, 1.165) is 19.3 Å². The summed E-state index contributed by atoms with van der Waals surface area (Å²) in [5.74, 6) is -5.10. The van der Waals surface area contributed by atoms with Gasteiger partial charge in [0.15, 0.2) is 0 Å². The molecular weight excluding hydrogens is 384 g/mol. The summed E-state index contributed by atoms with van der Waals surface area (Å²) in [6.07, 6.45) is 3.15. The molecule has 3 rings (SSSR count). The van der Waals surface area contributed by atoms with Crippen LogP contribution in [0, 0.1) is 5.92 Å². The Hall–Kier alpha value is -2.60. The van der Waals surface area contributed by atoms with Crippen LogP contribution in [0.2, 0.25) is 0 Å². The number of nitrogens with one attached hydrogen (secondary N) is 2. The molecule has 1 saturated heterocycles. The lowest BCUT2D eigenvalue weighted by atomic mass is 9.82. The maximum Gasteiger partial charge on any atom is 0.344 e. The van der Waals surface area contributed by atoms with Crippen molar-refractivity contribution in [3.63, 3.8) is 0 Å².